The molecule has 0 unspecified atom stereocenters. The molecule has 3 aromatic rings. The van der Waals surface area contributed by atoms with E-state index in [0.29, 0.717) is 12.2 Å². The summed E-state index contributed by atoms with van der Waals surface area (Å²) in [5.41, 5.74) is 4.16. The van der Waals surface area contributed by atoms with Gasteiger partial charge in [-0.3, -0.25) is 9.69 Å². The summed E-state index contributed by atoms with van der Waals surface area (Å²) in [5, 5.41) is 3.14. The van der Waals surface area contributed by atoms with E-state index in [4.69, 9.17) is 4.74 Å². The first-order valence-electron chi connectivity index (χ1n) is 13.8. The molecule has 0 radical (unpaired) electrons. The zero-order valence-corrected chi connectivity index (χ0v) is 22.2. The largest absolute Gasteiger partial charge is 0.494 e. The third-order valence-electron chi connectivity index (χ3n) is 8.19. The van der Waals surface area contributed by atoms with Gasteiger partial charge in [0.15, 0.2) is 0 Å². The minimum atomic E-state index is -0.0945. The third-order valence-corrected chi connectivity index (χ3v) is 8.19. The first-order chi connectivity index (χ1) is 18.1. The number of carbonyl (C=O) groups excluding carboxylic acids is 1. The molecule has 3 aromatic carbocycles. The van der Waals surface area contributed by atoms with Crippen LogP contribution in [0.2, 0.25) is 0 Å². The Morgan fingerprint density at radius 1 is 0.919 bits per heavy atom. The van der Waals surface area contributed by atoms with Crippen LogP contribution < -0.4 is 15.0 Å². The van der Waals surface area contributed by atoms with Crippen LogP contribution in [0, 0.1) is 5.92 Å². The van der Waals surface area contributed by atoms with Gasteiger partial charge < -0.3 is 15.0 Å². The Bertz CT molecular complexity index is 1160. The lowest BCUT2D eigenvalue weighted by molar-refractivity contribution is 0.0299. The molecule has 194 valence electrons. The summed E-state index contributed by atoms with van der Waals surface area (Å²) in [6.07, 6.45) is 4.80. The average molecular weight is 498 g/mol. The molecule has 1 amide bonds. The van der Waals surface area contributed by atoms with Gasteiger partial charge in [-0.05, 0) is 92.6 Å². The fourth-order valence-corrected chi connectivity index (χ4v) is 6.02. The predicted molar refractivity (Wildman–Crippen MR) is 152 cm³/mol. The second-order valence-electron chi connectivity index (χ2n) is 10.5. The number of carbonyl (C=O) groups is 1. The molecule has 1 aliphatic carbocycles. The minimum absolute atomic E-state index is 0.0230. The summed E-state index contributed by atoms with van der Waals surface area (Å²) >= 11 is 0. The Balaban J connectivity index is 1.34. The lowest BCUT2D eigenvalue weighted by Gasteiger charge is -2.51. The van der Waals surface area contributed by atoms with E-state index in [1.54, 1.807) is 0 Å². The van der Waals surface area contributed by atoms with Gasteiger partial charge in [0.1, 0.15) is 5.75 Å². The van der Waals surface area contributed by atoms with E-state index in [9.17, 15) is 4.79 Å². The molecule has 1 saturated heterocycles. The lowest BCUT2D eigenvalue weighted by Crippen LogP contribution is -2.56. The molecule has 5 nitrogen and oxygen atoms in total. The molecule has 2 aliphatic rings. The zero-order valence-electron chi connectivity index (χ0n) is 22.2. The van der Waals surface area contributed by atoms with Crippen molar-refractivity contribution < 1.29 is 9.53 Å². The molecule has 0 bridgehead atoms. The van der Waals surface area contributed by atoms with E-state index >= 15 is 0 Å². The first kappa shape index (κ1) is 25.3. The summed E-state index contributed by atoms with van der Waals surface area (Å²) in [6.45, 7) is 9.12. The molecule has 37 heavy (non-hydrogen) atoms. The molecular weight excluding hydrogens is 458 g/mol. The van der Waals surface area contributed by atoms with Gasteiger partial charge in [0.2, 0.25) is 0 Å². The summed E-state index contributed by atoms with van der Waals surface area (Å²) in [5.74, 6) is 1.45. The Morgan fingerprint density at radius 3 is 2.30 bits per heavy atom. The molecule has 2 fully saturated rings. The Kier molecular flexibility index (Phi) is 7.80. The maximum absolute atomic E-state index is 13.0. The van der Waals surface area contributed by atoms with Crippen LogP contribution in [-0.2, 0) is 5.54 Å². The van der Waals surface area contributed by atoms with Crippen LogP contribution in [0.4, 0.5) is 11.4 Å². The number of nitrogens with one attached hydrogen (secondary N) is 1. The van der Waals surface area contributed by atoms with Crippen molar-refractivity contribution in [2.75, 3.05) is 43.0 Å². The van der Waals surface area contributed by atoms with Crippen LogP contribution in [0.3, 0.4) is 0 Å². The Labute approximate surface area is 221 Å². The second kappa shape index (κ2) is 11.4. The standard InChI is InChI=1S/C32H39N3O2/c1-3-37-30-14-12-26(13-15-30)31(36)33-28-9-7-8-27(24-28)32(18-16-25(2)17-19-32)35-22-20-34(21-23-35)29-10-5-4-6-11-29/h4-15,24-25H,3,16-23H2,1-2H3,(H,33,36). The number of piperazine rings is 1. The summed E-state index contributed by atoms with van der Waals surface area (Å²) in [4.78, 5) is 18.2. The predicted octanol–water partition coefficient (Wildman–Crippen LogP) is 6.57. The van der Waals surface area contributed by atoms with Gasteiger partial charge in [-0.15, -0.1) is 0 Å². The third kappa shape index (κ3) is 5.67. The van der Waals surface area contributed by atoms with E-state index in [0.717, 1.165) is 56.4 Å². The van der Waals surface area contributed by atoms with Gasteiger partial charge in [-0.25, -0.2) is 0 Å². The molecule has 1 saturated carbocycles. The van der Waals surface area contributed by atoms with Crippen molar-refractivity contribution in [2.24, 2.45) is 5.92 Å². The molecule has 5 rings (SSSR count). The Hall–Kier alpha value is -3.31. The van der Waals surface area contributed by atoms with Gasteiger partial charge in [-0.1, -0.05) is 37.3 Å². The van der Waals surface area contributed by atoms with Gasteiger partial charge in [-0.2, -0.15) is 0 Å². The molecular formula is C32H39N3O2. The van der Waals surface area contributed by atoms with Crippen molar-refractivity contribution in [1.82, 2.24) is 4.90 Å². The number of hydrogen-bond acceptors (Lipinski definition) is 4. The number of ether oxygens (including phenoxy) is 1. The molecule has 1 aliphatic heterocycles. The molecule has 1 N–H and O–H groups in total. The summed E-state index contributed by atoms with van der Waals surface area (Å²) in [6, 6.07) is 26.7. The highest BCUT2D eigenvalue weighted by atomic mass is 16.5. The number of benzene rings is 3. The van der Waals surface area contributed by atoms with Crippen molar-refractivity contribution in [1.29, 1.82) is 0 Å². The van der Waals surface area contributed by atoms with Crippen LogP contribution in [-0.4, -0.2) is 43.6 Å². The fourth-order valence-electron chi connectivity index (χ4n) is 6.02. The monoisotopic (exact) mass is 497 g/mol. The molecule has 0 atom stereocenters. The summed E-state index contributed by atoms with van der Waals surface area (Å²) < 4.78 is 5.51. The SMILES string of the molecule is CCOc1ccc(C(=O)Nc2cccc(C3(N4CCN(c5ccccc5)CC4)CCC(C)CC3)c2)cc1. The molecule has 0 spiro atoms. The van der Waals surface area contributed by atoms with Crippen LogP contribution in [0.25, 0.3) is 0 Å². The van der Waals surface area contributed by atoms with Crippen LogP contribution in [0.5, 0.6) is 5.75 Å². The quantitative estimate of drug-likeness (QED) is 0.401. The zero-order chi connectivity index (χ0) is 25.7. The highest BCUT2D eigenvalue weighted by molar-refractivity contribution is 6.04. The van der Waals surface area contributed by atoms with Gasteiger partial charge in [0, 0.05) is 48.7 Å². The van der Waals surface area contributed by atoms with Gasteiger partial charge in [0.05, 0.1) is 6.61 Å². The fraction of sp³-hybridized carbons (Fsp3) is 0.406. The van der Waals surface area contributed by atoms with Crippen molar-refractivity contribution in [3.63, 3.8) is 0 Å². The maximum atomic E-state index is 13.0. The van der Waals surface area contributed by atoms with Gasteiger partial charge in [0.25, 0.3) is 5.91 Å². The number of hydrogen-bond donors (Lipinski definition) is 1. The van der Waals surface area contributed by atoms with E-state index < -0.39 is 0 Å². The van der Waals surface area contributed by atoms with Crippen LogP contribution in [0.15, 0.2) is 78.9 Å². The highest BCUT2D eigenvalue weighted by Crippen LogP contribution is 2.45. The first-order valence-corrected chi connectivity index (χ1v) is 13.8. The number of nitrogens with zero attached hydrogens (tertiary/aromatic N) is 2. The van der Waals surface area contributed by atoms with Crippen LogP contribution >= 0.6 is 0 Å². The minimum Gasteiger partial charge on any atom is -0.494 e. The lowest BCUT2D eigenvalue weighted by atomic mass is 9.71. The Morgan fingerprint density at radius 2 is 1.62 bits per heavy atom. The van der Waals surface area contributed by atoms with Crippen molar-refractivity contribution in [3.05, 3.63) is 90.0 Å². The molecule has 5 heteroatoms. The number of anilines is 2. The van der Waals surface area contributed by atoms with E-state index in [1.807, 2.05) is 37.3 Å². The smallest absolute Gasteiger partial charge is 0.255 e. The van der Waals surface area contributed by atoms with E-state index in [1.165, 1.54) is 24.1 Å². The second-order valence-corrected chi connectivity index (χ2v) is 10.5. The number of para-hydroxylation sites is 1. The number of amides is 1. The van der Waals surface area contributed by atoms with E-state index in [2.05, 4.69) is 70.6 Å². The van der Waals surface area contributed by atoms with Gasteiger partial charge >= 0.3 is 0 Å². The summed E-state index contributed by atoms with van der Waals surface area (Å²) in [7, 11) is 0. The van der Waals surface area contributed by atoms with E-state index in [-0.39, 0.29) is 11.4 Å². The highest BCUT2D eigenvalue weighted by Gasteiger charge is 2.42. The molecule has 1 heterocycles. The van der Waals surface area contributed by atoms with Crippen molar-refractivity contribution in [3.8, 4) is 5.75 Å². The number of rotatable bonds is 7. The topological polar surface area (TPSA) is 44.8 Å². The van der Waals surface area contributed by atoms with Crippen molar-refractivity contribution >= 4 is 17.3 Å². The van der Waals surface area contributed by atoms with Crippen molar-refractivity contribution in [2.45, 2.75) is 45.1 Å². The maximum Gasteiger partial charge on any atom is 0.255 e. The average Bonchev–Trinajstić information content (AvgIpc) is 2.95. The molecule has 0 aromatic heterocycles. The van der Waals surface area contributed by atoms with Crippen LogP contribution in [0.1, 0.15) is 55.5 Å². The normalized spacial score (nSPS) is 22.4.